The van der Waals surface area contributed by atoms with Crippen LogP contribution in [-0.4, -0.2) is 22.3 Å². The van der Waals surface area contributed by atoms with E-state index in [1.165, 1.54) is 0 Å². The van der Waals surface area contributed by atoms with Crippen molar-refractivity contribution < 1.29 is 9.68 Å². The highest BCUT2D eigenvalue weighted by Crippen LogP contribution is 2.28. The zero-order chi connectivity index (χ0) is 10.1. The predicted octanol–water partition coefficient (Wildman–Crippen LogP) is 1.24. The number of halogens is 1. The molecule has 0 saturated heterocycles. The number of fused-ring (bicyclic) bond motifs is 1. The number of hydrogen-bond donors (Lipinski definition) is 1. The van der Waals surface area contributed by atoms with Crippen molar-refractivity contribution in [3.8, 4) is 5.88 Å². The maximum absolute atomic E-state index is 8.55. The third kappa shape index (κ3) is 1.40. The third-order valence-corrected chi connectivity index (χ3v) is 2.70. The lowest BCUT2D eigenvalue weighted by molar-refractivity contribution is 0.433. The molecule has 14 heavy (non-hydrogen) atoms. The summed E-state index contributed by atoms with van der Waals surface area (Å²) in [6.45, 7) is 0. The number of rotatable bonds is 2. The van der Waals surface area contributed by atoms with Gasteiger partial charge in [-0.15, -0.1) is 0 Å². The molecule has 0 fully saturated rings. The van der Waals surface area contributed by atoms with Crippen LogP contribution in [0.2, 0.25) is 0 Å². The largest absolute Gasteiger partial charge is 0.570 e. The Balaban J connectivity index is 2.67. The van der Waals surface area contributed by atoms with Crippen molar-refractivity contribution >= 4 is 34.6 Å². The first-order valence-electron chi connectivity index (χ1n) is 3.96. The third-order valence-electron chi connectivity index (χ3n) is 2.01. The Bertz CT molecular complexity index is 472. The maximum Gasteiger partial charge on any atom is 0.570 e. The highest BCUT2D eigenvalue weighted by molar-refractivity contribution is 9.10. The van der Waals surface area contributed by atoms with Gasteiger partial charge in [0.15, 0.2) is 5.88 Å². The monoisotopic (exact) mass is 253 g/mol. The molecule has 2 heterocycles. The Morgan fingerprint density at radius 3 is 3.07 bits per heavy atom. The highest BCUT2D eigenvalue weighted by atomic mass is 79.9. The van der Waals surface area contributed by atoms with Gasteiger partial charge in [0.05, 0.1) is 0 Å². The standard InChI is InChI=1S/C8H7BBrN2O2/c1-12-7(14-9-13)4-5-6(10)2-3-11-8(5)12/h2-4,13H,1H3. The number of aryl methyl sites for hydroxylation is 1. The molecule has 0 aromatic carbocycles. The lowest BCUT2D eigenvalue weighted by Crippen LogP contribution is -2.03. The van der Waals surface area contributed by atoms with E-state index in [4.69, 9.17) is 9.68 Å². The smallest absolute Gasteiger partial charge is 0.525 e. The fourth-order valence-electron chi connectivity index (χ4n) is 1.33. The number of aromatic nitrogens is 2. The molecule has 0 spiro atoms. The molecule has 6 heteroatoms. The summed E-state index contributed by atoms with van der Waals surface area (Å²) in [6.07, 6.45) is 1.71. The summed E-state index contributed by atoms with van der Waals surface area (Å²) >= 11 is 3.41. The van der Waals surface area contributed by atoms with Gasteiger partial charge in [0.25, 0.3) is 0 Å². The molecular weight excluding hydrogens is 247 g/mol. The van der Waals surface area contributed by atoms with Crippen LogP contribution in [0.5, 0.6) is 5.88 Å². The van der Waals surface area contributed by atoms with Crippen LogP contribution in [0.25, 0.3) is 11.0 Å². The highest BCUT2D eigenvalue weighted by Gasteiger charge is 2.09. The molecule has 1 N–H and O–H groups in total. The van der Waals surface area contributed by atoms with Gasteiger partial charge >= 0.3 is 7.69 Å². The molecule has 0 atom stereocenters. The van der Waals surface area contributed by atoms with Gasteiger partial charge < -0.3 is 14.2 Å². The first-order valence-corrected chi connectivity index (χ1v) is 4.76. The molecule has 2 rings (SSSR count). The Labute approximate surface area is 89.9 Å². The van der Waals surface area contributed by atoms with E-state index in [1.54, 1.807) is 16.8 Å². The second-order valence-corrected chi connectivity index (χ2v) is 3.65. The number of hydrogen-bond acceptors (Lipinski definition) is 3. The topological polar surface area (TPSA) is 47.3 Å². The molecule has 0 saturated carbocycles. The zero-order valence-electron chi connectivity index (χ0n) is 7.44. The van der Waals surface area contributed by atoms with Crippen LogP contribution < -0.4 is 4.65 Å². The van der Waals surface area contributed by atoms with Crippen LogP contribution in [0.1, 0.15) is 0 Å². The van der Waals surface area contributed by atoms with Gasteiger partial charge in [-0.25, -0.2) is 4.98 Å². The molecule has 0 bridgehead atoms. The first kappa shape index (κ1) is 9.55. The Hall–Kier alpha value is -1.01. The summed E-state index contributed by atoms with van der Waals surface area (Å²) < 4.78 is 7.62. The lowest BCUT2D eigenvalue weighted by Gasteiger charge is -2.01. The van der Waals surface area contributed by atoms with E-state index in [0.29, 0.717) is 13.6 Å². The molecule has 0 amide bonds. The van der Waals surface area contributed by atoms with Crippen molar-refractivity contribution in [3.05, 3.63) is 22.8 Å². The Kier molecular flexibility index (Phi) is 2.47. The molecule has 71 valence electrons. The van der Waals surface area contributed by atoms with E-state index in [9.17, 15) is 0 Å². The molecule has 0 unspecified atom stereocenters. The van der Waals surface area contributed by atoms with Crippen molar-refractivity contribution in [2.45, 2.75) is 0 Å². The maximum atomic E-state index is 8.55. The van der Waals surface area contributed by atoms with Crippen LogP contribution in [-0.2, 0) is 7.05 Å². The minimum absolute atomic E-state index is 0.543. The number of pyridine rings is 1. The van der Waals surface area contributed by atoms with Crippen LogP contribution >= 0.6 is 15.9 Å². The van der Waals surface area contributed by atoms with Crippen molar-refractivity contribution in [2.24, 2.45) is 7.05 Å². The summed E-state index contributed by atoms with van der Waals surface area (Å²) in [5.74, 6) is 0.543. The van der Waals surface area contributed by atoms with Gasteiger partial charge in [0.2, 0.25) is 0 Å². The van der Waals surface area contributed by atoms with Crippen molar-refractivity contribution in [1.82, 2.24) is 9.55 Å². The van der Waals surface area contributed by atoms with Crippen LogP contribution in [0.3, 0.4) is 0 Å². The van der Waals surface area contributed by atoms with E-state index in [0.717, 1.165) is 15.5 Å². The molecule has 2 aromatic rings. The molecule has 2 aromatic heterocycles. The summed E-state index contributed by atoms with van der Waals surface area (Å²) in [4.78, 5) is 4.20. The normalized spacial score (nSPS) is 10.5. The van der Waals surface area contributed by atoms with Crippen LogP contribution in [0.15, 0.2) is 22.8 Å². The Morgan fingerprint density at radius 2 is 2.43 bits per heavy atom. The molecule has 0 aliphatic carbocycles. The second-order valence-electron chi connectivity index (χ2n) is 2.79. The van der Waals surface area contributed by atoms with E-state index in [2.05, 4.69) is 20.9 Å². The first-order chi connectivity index (χ1) is 6.74. The fraction of sp³-hybridized carbons (Fsp3) is 0.125. The minimum atomic E-state index is 0.543. The van der Waals surface area contributed by atoms with Crippen LogP contribution in [0, 0.1) is 0 Å². The zero-order valence-corrected chi connectivity index (χ0v) is 9.02. The summed E-state index contributed by atoms with van der Waals surface area (Å²) in [5, 5.41) is 9.50. The summed E-state index contributed by atoms with van der Waals surface area (Å²) in [7, 11) is 2.47. The lowest BCUT2D eigenvalue weighted by atomic mass is 10.3. The van der Waals surface area contributed by atoms with Crippen molar-refractivity contribution in [3.63, 3.8) is 0 Å². The van der Waals surface area contributed by atoms with Crippen LogP contribution in [0.4, 0.5) is 0 Å². The average molecular weight is 254 g/mol. The molecular formula is C8H7BBrN2O2. The SMILES string of the molecule is Cn1c(O[B]O)cc2c(Br)ccnc21. The van der Waals surface area contributed by atoms with Gasteiger partial charge in [0, 0.05) is 29.2 Å². The molecule has 4 nitrogen and oxygen atoms in total. The van der Waals surface area contributed by atoms with Gasteiger partial charge in [-0.1, -0.05) is 0 Å². The van der Waals surface area contributed by atoms with Gasteiger partial charge in [-0.2, -0.15) is 0 Å². The second kappa shape index (κ2) is 3.63. The van der Waals surface area contributed by atoms with E-state index in [1.807, 2.05) is 13.1 Å². The fourth-order valence-corrected chi connectivity index (χ4v) is 1.74. The molecule has 1 radical (unpaired) electrons. The Morgan fingerprint density at radius 1 is 1.64 bits per heavy atom. The quantitative estimate of drug-likeness (QED) is 0.820. The van der Waals surface area contributed by atoms with Gasteiger partial charge in [-0.3, -0.25) is 0 Å². The van der Waals surface area contributed by atoms with Gasteiger partial charge in [0.1, 0.15) is 5.65 Å². The predicted molar refractivity (Wildman–Crippen MR) is 57.0 cm³/mol. The number of nitrogens with zero attached hydrogens (tertiary/aromatic N) is 2. The summed E-state index contributed by atoms with van der Waals surface area (Å²) in [6, 6.07) is 3.66. The van der Waals surface area contributed by atoms with E-state index in [-0.39, 0.29) is 0 Å². The minimum Gasteiger partial charge on any atom is -0.525 e. The average Bonchev–Trinajstić information content (AvgIpc) is 2.48. The summed E-state index contributed by atoms with van der Waals surface area (Å²) in [5.41, 5.74) is 0.802. The molecule has 0 aliphatic rings. The van der Waals surface area contributed by atoms with Gasteiger partial charge in [-0.05, 0) is 22.0 Å². The van der Waals surface area contributed by atoms with Crippen molar-refractivity contribution in [2.75, 3.05) is 0 Å². The molecule has 0 aliphatic heterocycles. The van der Waals surface area contributed by atoms with Crippen molar-refractivity contribution in [1.29, 1.82) is 0 Å². The van der Waals surface area contributed by atoms with E-state index < -0.39 is 0 Å². The van der Waals surface area contributed by atoms with E-state index >= 15 is 0 Å².